The second-order valence-corrected chi connectivity index (χ2v) is 25.3. The summed E-state index contributed by atoms with van der Waals surface area (Å²) in [7, 11) is 3.08. The van der Waals surface area contributed by atoms with Crippen LogP contribution in [0.25, 0.3) is 0 Å². The molecule has 10 aromatic rings. The molecule has 18 heteroatoms. The first-order valence-corrected chi connectivity index (χ1v) is 34.1. The van der Waals surface area contributed by atoms with Crippen LogP contribution >= 0.6 is 0 Å². The van der Waals surface area contributed by atoms with Gasteiger partial charge in [0.05, 0.1) is 27.4 Å². The average molecular weight is 1370 g/mol. The number of aryl methyl sites for hydroxylation is 2. The fourth-order valence-corrected chi connectivity index (χ4v) is 12.8. The lowest BCUT2D eigenvalue weighted by Crippen LogP contribution is -2.41. The maximum Gasteiger partial charge on any atom is 0.259 e. The van der Waals surface area contributed by atoms with Crippen molar-refractivity contribution in [1.82, 2.24) is 0 Å². The van der Waals surface area contributed by atoms with E-state index < -0.39 is 35.7 Å². The summed E-state index contributed by atoms with van der Waals surface area (Å²) in [5.41, 5.74) is 8.92. The number of methoxy groups -OCH3 is 2. The highest BCUT2D eigenvalue weighted by molar-refractivity contribution is 6.13. The molecule has 0 spiro atoms. The van der Waals surface area contributed by atoms with Crippen LogP contribution in [0.1, 0.15) is 139 Å². The molecule has 0 aliphatic heterocycles. The lowest BCUT2D eigenvalue weighted by Gasteiger charge is -2.32. The molecule has 1 aliphatic carbocycles. The lowest BCUT2D eigenvalue weighted by atomic mass is 9.90. The van der Waals surface area contributed by atoms with Gasteiger partial charge >= 0.3 is 0 Å². The first-order valence-electron chi connectivity index (χ1n) is 34.1. The molecule has 11 rings (SSSR count). The predicted octanol–water partition coefficient (Wildman–Crippen LogP) is 16.0. The molecule has 18 nitrogen and oxygen atoms in total. The number of hydrogen-bond acceptors (Lipinski definition) is 12. The van der Waals surface area contributed by atoms with Crippen molar-refractivity contribution in [1.29, 1.82) is 0 Å². The number of phenols is 2. The van der Waals surface area contributed by atoms with Gasteiger partial charge in [0.25, 0.3) is 23.6 Å². The Balaban J connectivity index is 1.10. The number of aromatic hydroxyl groups is 2. The van der Waals surface area contributed by atoms with E-state index in [0.29, 0.717) is 138 Å². The number of benzene rings is 10. The number of rotatable bonds is 26. The minimum atomic E-state index is -1.30. The molecule has 2 atom stereocenters. The average Bonchev–Trinajstić information content (AvgIpc) is 0.786. The number of nitrogens with one attached hydrogen (secondary N) is 4. The molecule has 520 valence electrons. The second kappa shape index (κ2) is 33.1. The van der Waals surface area contributed by atoms with Gasteiger partial charge in [-0.25, -0.2) is 0 Å². The van der Waals surface area contributed by atoms with E-state index in [2.05, 4.69) is 21.3 Å². The number of ether oxygens (including phenoxy) is 4. The van der Waals surface area contributed by atoms with Crippen molar-refractivity contribution in [3.05, 3.63) is 284 Å². The van der Waals surface area contributed by atoms with Gasteiger partial charge in [0.2, 0.25) is 12.8 Å². The quantitative estimate of drug-likeness (QED) is 0.0169. The van der Waals surface area contributed by atoms with Gasteiger partial charge in [0.1, 0.15) is 46.6 Å². The Morgan fingerprint density at radius 2 is 0.745 bits per heavy atom. The fraction of sp³-hybridized carbons (Fsp3) is 0.214. The van der Waals surface area contributed by atoms with Crippen LogP contribution in [-0.4, -0.2) is 74.1 Å². The largest absolute Gasteiger partial charge is 0.507 e. The number of carbonyl (C=O) groups excluding carboxylic acids is 6. The summed E-state index contributed by atoms with van der Waals surface area (Å²) in [6, 6.07) is 57.1. The highest BCUT2D eigenvalue weighted by Gasteiger charge is 2.37. The van der Waals surface area contributed by atoms with Gasteiger partial charge in [-0.3, -0.25) is 38.6 Å². The van der Waals surface area contributed by atoms with Crippen molar-refractivity contribution in [2.45, 2.75) is 91.1 Å². The molecule has 2 unspecified atom stereocenters. The van der Waals surface area contributed by atoms with Crippen LogP contribution in [0.3, 0.4) is 0 Å². The van der Waals surface area contributed by atoms with E-state index in [1.54, 1.807) is 184 Å². The van der Waals surface area contributed by atoms with Crippen LogP contribution in [0.2, 0.25) is 0 Å². The fourth-order valence-electron chi connectivity index (χ4n) is 12.8. The molecule has 0 heterocycles. The maximum atomic E-state index is 15.9. The van der Waals surface area contributed by atoms with E-state index in [1.807, 2.05) is 64.1 Å². The molecule has 8 bridgehead atoms. The topological polar surface area (TPSA) is 234 Å². The zero-order valence-corrected chi connectivity index (χ0v) is 57.9. The summed E-state index contributed by atoms with van der Waals surface area (Å²) >= 11 is 0. The van der Waals surface area contributed by atoms with Crippen LogP contribution < -0.4 is 50.0 Å². The Hall–Kier alpha value is -12.2. The zero-order valence-electron chi connectivity index (χ0n) is 57.9. The van der Waals surface area contributed by atoms with E-state index in [9.17, 15) is 19.8 Å². The smallest absolute Gasteiger partial charge is 0.259 e. The third kappa shape index (κ3) is 16.6. The van der Waals surface area contributed by atoms with Crippen LogP contribution in [0.15, 0.2) is 206 Å². The predicted molar refractivity (Wildman–Crippen MR) is 398 cm³/mol. The zero-order chi connectivity index (χ0) is 71.8. The number of nitrogens with zero attached hydrogens (tertiary/aromatic N) is 2. The SMILES string of the molecule is CCCCOc1c2cc(NC(=O)C(c3ccc(OC)cc3)N(C(=O)c3ccccc3)c3ccc(C)cc3)cc1Cc1cc(NC=O)cc(c1O)Cc1cc(NC(=O)C(c3ccc(OC)cc3)N(C(=O)c3ccccc3)c3ccc(C)cc3)cc(c1OCCCC)Cc1cc(NC=O)cc(c1O)C2. The van der Waals surface area contributed by atoms with Gasteiger partial charge in [-0.2, -0.15) is 0 Å². The summed E-state index contributed by atoms with van der Waals surface area (Å²) in [5.74, 6) is -0.523. The molecule has 1 aliphatic rings. The Morgan fingerprint density at radius 3 is 1.04 bits per heavy atom. The van der Waals surface area contributed by atoms with Gasteiger partial charge in [0, 0.05) is 115 Å². The summed E-state index contributed by atoms with van der Waals surface area (Å²) in [6.45, 7) is 8.45. The Labute approximate surface area is 593 Å². The van der Waals surface area contributed by atoms with Crippen molar-refractivity contribution in [2.75, 3.05) is 58.5 Å². The minimum absolute atomic E-state index is 0.0631. The summed E-state index contributed by atoms with van der Waals surface area (Å²) in [6.07, 6.45) is 3.68. The van der Waals surface area contributed by atoms with E-state index in [4.69, 9.17) is 18.9 Å². The van der Waals surface area contributed by atoms with Gasteiger partial charge in [0.15, 0.2) is 0 Å². The highest BCUT2D eigenvalue weighted by Crippen LogP contribution is 2.44. The Bertz CT molecular complexity index is 4250. The molecule has 102 heavy (non-hydrogen) atoms. The third-order valence-electron chi connectivity index (χ3n) is 18.0. The number of amides is 6. The van der Waals surface area contributed by atoms with Gasteiger partial charge in [-0.1, -0.05) is 123 Å². The van der Waals surface area contributed by atoms with E-state index in [1.165, 1.54) is 9.80 Å². The van der Waals surface area contributed by atoms with E-state index in [-0.39, 0.29) is 61.8 Å². The molecular weight excluding hydrogens is 1280 g/mol. The standard InChI is InChI=1S/C84H82N6O12/c1-7-9-37-101-79-63-39-59-43-67(85-51-91)45-61(77(59)93)41-65-49-70(88-82(96)76(56-27-35-74(100-6)36-28-56)90(72-31-23-54(4)24-32-72)84(98)58-19-15-12-16-20-58)50-66(80(65)102-38-10-8-2)42-62-46-68(86-52-92)44-60(78(62)94)40-64(79)48-69(47-63)87-81(95)75(55-25-33-73(99-5)34-26-55)89(71-29-21-53(3)22-30-71)83(97)57-17-13-11-14-18-57/h11-36,43-52,75-76,93-94H,7-10,37-42H2,1-6H3,(H,85,91)(H,86,92)(H,87,95)(H,88,96). The van der Waals surface area contributed by atoms with Gasteiger partial charge < -0.3 is 50.4 Å². The van der Waals surface area contributed by atoms with Crippen LogP contribution in [0, 0.1) is 13.8 Å². The van der Waals surface area contributed by atoms with Crippen molar-refractivity contribution in [2.24, 2.45) is 0 Å². The second-order valence-electron chi connectivity index (χ2n) is 25.3. The molecule has 0 fully saturated rings. The summed E-state index contributed by atoms with van der Waals surface area (Å²) in [4.78, 5) is 90.1. The van der Waals surface area contributed by atoms with Crippen LogP contribution in [0.4, 0.5) is 34.1 Å². The molecule has 0 radical (unpaired) electrons. The van der Waals surface area contributed by atoms with Crippen molar-refractivity contribution in [3.8, 4) is 34.5 Å². The normalized spacial score (nSPS) is 12.1. The molecule has 0 saturated heterocycles. The molecule has 0 saturated carbocycles. The number of fused-ring (bicyclic) bond motifs is 8. The first kappa shape index (κ1) is 71.1. The molecule has 6 N–H and O–H groups in total. The Kier molecular flexibility index (Phi) is 23.1. The Morgan fingerprint density at radius 1 is 0.431 bits per heavy atom. The third-order valence-corrected chi connectivity index (χ3v) is 18.0. The molecule has 0 aromatic heterocycles. The van der Waals surface area contributed by atoms with Gasteiger partial charge in [-0.15, -0.1) is 0 Å². The first-order chi connectivity index (χ1) is 49.6. The lowest BCUT2D eigenvalue weighted by molar-refractivity contribution is -0.118. The van der Waals surface area contributed by atoms with E-state index >= 15 is 19.2 Å². The number of carbonyl (C=O) groups is 6. The number of anilines is 6. The maximum absolute atomic E-state index is 15.9. The molecule has 6 amide bonds. The highest BCUT2D eigenvalue weighted by atomic mass is 16.5. The van der Waals surface area contributed by atoms with Crippen molar-refractivity contribution in [3.63, 3.8) is 0 Å². The number of unbranched alkanes of at least 4 members (excludes halogenated alkanes) is 2. The molecule has 10 aromatic carbocycles. The molecular formula is C84H82N6O12. The van der Waals surface area contributed by atoms with Gasteiger partial charge in [-0.05, 0) is 159 Å². The van der Waals surface area contributed by atoms with Crippen LogP contribution in [0.5, 0.6) is 34.5 Å². The van der Waals surface area contributed by atoms with Crippen molar-refractivity contribution < 1.29 is 57.9 Å². The number of phenolic OH excluding ortho intramolecular Hbond substituents is 2. The monoisotopic (exact) mass is 1370 g/mol. The van der Waals surface area contributed by atoms with E-state index in [0.717, 1.165) is 24.0 Å². The van der Waals surface area contributed by atoms with Crippen LogP contribution in [-0.2, 0) is 44.9 Å². The number of hydrogen-bond donors (Lipinski definition) is 6. The van der Waals surface area contributed by atoms with Crippen molar-refractivity contribution >= 4 is 70.6 Å². The summed E-state index contributed by atoms with van der Waals surface area (Å²) < 4.78 is 24.8. The summed E-state index contributed by atoms with van der Waals surface area (Å²) in [5, 5.41) is 38.1. The minimum Gasteiger partial charge on any atom is -0.507 e.